The van der Waals surface area contributed by atoms with E-state index in [9.17, 15) is 9.90 Å². The van der Waals surface area contributed by atoms with Crippen LogP contribution >= 0.6 is 0 Å². The van der Waals surface area contributed by atoms with Crippen LogP contribution in [0.3, 0.4) is 0 Å². The van der Waals surface area contributed by atoms with Crippen LogP contribution in [0.4, 0.5) is 0 Å². The van der Waals surface area contributed by atoms with Crippen molar-refractivity contribution in [1.82, 2.24) is 4.98 Å². The molecule has 0 bridgehead atoms. The summed E-state index contributed by atoms with van der Waals surface area (Å²) >= 11 is 0. The number of ether oxygens (including phenoxy) is 2. The zero-order valence-corrected chi connectivity index (χ0v) is 10.7. The van der Waals surface area contributed by atoms with Gasteiger partial charge in [-0.2, -0.15) is 0 Å². The van der Waals surface area contributed by atoms with Crippen LogP contribution in [0.5, 0.6) is 17.2 Å². The zero-order valence-electron chi connectivity index (χ0n) is 10.7. The lowest BCUT2D eigenvalue weighted by Crippen LogP contribution is -2.04. The molecule has 20 heavy (non-hydrogen) atoms. The van der Waals surface area contributed by atoms with Crippen LogP contribution < -0.4 is 4.74 Å². The molecule has 3 rings (SSSR count). The summed E-state index contributed by atoms with van der Waals surface area (Å²) in [5.74, 6) is 0.527. The number of carbonyl (C=O) groups excluding carboxylic acids is 1. The van der Waals surface area contributed by atoms with E-state index in [2.05, 4.69) is 4.98 Å². The third kappa shape index (κ3) is 1.99. The third-order valence-corrected chi connectivity index (χ3v) is 2.97. The molecule has 0 amide bonds. The van der Waals surface area contributed by atoms with E-state index in [1.165, 1.54) is 19.4 Å². The van der Waals surface area contributed by atoms with Gasteiger partial charge in [-0.05, 0) is 24.3 Å². The fourth-order valence-electron chi connectivity index (χ4n) is 2.03. The molecule has 2 heterocycles. The van der Waals surface area contributed by atoms with Gasteiger partial charge in [-0.1, -0.05) is 6.07 Å². The first-order valence-electron chi connectivity index (χ1n) is 5.95. The summed E-state index contributed by atoms with van der Waals surface area (Å²) < 4.78 is 10.5. The minimum absolute atomic E-state index is 0.0183. The Kier molecular flexibility index (Phi) is 2.87. The Labute approximate surface area is 115 Å². The second-order valence-electron chi connectivity index (χ2n) is 4.22. The molecule has 1 aliphatic heterocycles. The van der Waals surface area contributed by atoms with Crippen LogP contribution in [0.15, 0.2) is 30.5 Å². The molecule has 1 aliphatic rings. The van der Waals surface area contributed by atoms with Crippen molar-refractivity contribution < 1.29 is 19.4 Å². The maximum Gasteiger partial charge on any atom is 0.338 e. The van der Waals surface area contributed by atoms with Crippen molar-refractivity contribution in [3.8, 4) is 17.2 Å². The van der Waals surface area contributed by atoms with Gasteiger partial charge in [0.15, 0.2) is 5.75 Å². The van der Waals surface area contributed by atoms with Gasteiger partial charge in [-0.15, -0.1) is 0 Å². The number of hydrogen-bond donors (Lipinski definition) is 1. The van der Waals surface area contributed by atoms with E-state index >= 15 is 0 Å². The smallest absolute Gasteiger partial charge is 0.338 e. The minimum Gasteiger partial charge on any atom is -0.506 e. The maximum absolute atomic E-state index is 11.8. The van der Waals surface area contributed by atoms with Crippen molar-refractivity contribution in [3.05, 3.63) is 47.3 Å². The maximum atomic E-state index is 11.8. The normalized spacial score (nSPS) is 11.8. The quantitative estimate of drug-likeness (QED) is 0.688. The topological polar surface area (TPSA) is 68.7 Å². The molecule has 0 radical (unpaired) electrons. The van der Waals surface area contributed by atoms with Gasteiger partial charge < -0.3 is 14.6 Å². The molecule has 0 atom stereocenters. The lowest BCUT2D eigenvalue weighted by molar-refractivity contribution is 0.0600. The number of aromatic nitrogens is 1. The summed E-state index contributed by atoms with van der Waals surface area (Å²) in [5, 5.41) is 9.47. The van der Waals surface area contributed by atoms with Crippen molar-refractivity contribution in [1.29, 1.82) is 0 Å². The molecule has 1 N–H and O–H groups in total. The van der Waals surface area contributed by atoms with Crippen molar-refractivity contribution in [3.63, 3.8) is 0 Å². The Hall–Kier alpha value is -2.82. The summed E-state index contributed by atoms with van der Waals surface area (Å²) in [6, 6.07) is 6.59. The van der Waals surface area contributed by atoms with E-state index in [1.54, 1.807) is 30.4 Å². The van der Waals surface area contributed by atoms with E-state index in [0.717, 1.165) is 0 Å². The summed E-state index contributed by atoms with van der Waals surface area (Å²) in [6.07, 6.45) is 4.81. The highest BCUT2D eigenvalue weighted by Crippen LogP contribution is 2.36. The first-order chi connectivity index (χ1) is 9.69. The average molecular weight is 269 g/mol. The standard InChI is InChI=1S/C15H11NO4/c1-19-15(18)11-3-2-4-13-10(11)5-6-12-14(20-13)7-9(17)8-16-12/h2-8,17H,1H3. The average Bonchev–Trinajstić information content (AvgIpc) is 2.64. The van der Waals surface area contributed by atoms with Crippen LogP contribution in [-0.4, -0.2) is 23.2 Å². The SMILES string of the molecule is COC(=O)c1cccc2c1C=Cc1ncc(O)cc1O2. The first-order valence-corrected chi connectivity index (χ1v) is 5.95. The monoisotopic (exact) mass is 269 g/mol. The highest BCUT2D eigenvalue weighted by Gasteiger charge is 2.18. The number of carbonyl (C=O) groups is 1. The lowest BCUT2D eigenvalue weighted by atomic mass is 10.1. The van der Waals surface area contributed by atoms with Crippen molar-refractivity contribution in [2.24, 2.45) is 0 Å². The van der Waals surface area contributed by atoms with Crippen LogP contribution in [-0.2, 0) is 4.74 Å². The molecule has 2 aromatic rings. The number of aromatic hydroxyl groups is 1. The Bertz CT molecular complexity index is 722. The van der Waals surface area contributed by atoms with Crippen LogP contribution in [0.1, 0.15) is 21.6 Å². The molecular weight excluding hydrogens is 258 g/mol. The Morgan fingerprint density at radius 2 is 2.15 bits per heavy atom. The Morgan fingerprint density at radius 1 is 1.30 bits per heavy atom. The van der Waals surface area contributed by atoms with E-state index < -0.39 is 5.97 Å². The molecule has 0 saturated heterocycles. The van der Waals surface area contributed by atoms with Crippen LogP contribution in [0.25, 0.3) is 12.2 Å². The van der Waals surface area contributed by atoms with Gasteiger partial charge in [0.1, 0.15) is 17.2 Å². The molecule has 100 valence electrons. The molecular formula is C15H11NO4. The van der Waals surface area contributed by atoms with Gasteiger partial charge in [-0.25, -0.2) is 9.78 Å². The summed E-state index contributed by atoms with van der Waals surface area (Å²) in [7, 11) is 1.33. The molecule has 0 unspecified atom stereocenters. The molecule has 1 aromatic carbocycles. The van der Waals surface area contributed by atoms with E-state index in [0.29, 0.717) is 28.3 Å². The molecule has 0 fully saturated rings. The van der Waals surface area contributed by atoms with Crippen LogP contribution in [0, 0.1) is 0 Å². The summed E-state index contributed by atoms with van der Waals surface area (Å²) in [6.45, 7) is 0. The zero-order chi connectivity index (χ0) is 14.1. The number of rotatable bonds is 1. The fourth-order valence-corrected chi connectivity index (χ4v) is 2.03. The lowest BCUT2D eigenvalue weighted by Gasteiger charge is -2.10. The van der Waals surface area contributed by atoms with Gasteiger partial charge in [0, 0.05) is 11.6 Å². The molecule has 0 aliphatic carbocycles. The van der Waals surface area contributed by atoms with Gasteiger partial charge in [0.05, 0.1) is 18.9 Å². The van der Waals surface area contributed by atoms with Gasteiger partial charge in [-0.3, -0.25) is 0 Å². The van der Waals surface area contributed by atoms with Gasteiger partial charge >= 0.3 is 5.97 Å². The van der Waals surface area contributed by atoms with Crippen LogP contribution in [0.2, 0.25) is 0 Å². The predicted molar refractivity (Wildman–Crippen MR) is 72.7 cm³/mol. The van der Waals surface area contributed by atoms with E-state index in [4.69, 9.17) is 9.47 Å². The predicted octanol–water partition coefficient (Wildman–Crippen LogP) is 2.85. The molecule has 0 saturated carbocycles. The number of fused-ring (bicyclic) bond motifs is 2. The second kappa shape index (κ2) is 4.70. The minimum atomic E-state index is -0.433. The number of nitrogens with zero attached hydrogens (tertiary/aromatic N) is 1. The van der Waals surface area contributed by atoms with Crippen molar-refractivity contribution in [2.75, 3.05) is 7.11 Å². The number of methoxy groups -OCH3 is 1. The summed E-state index contributed by atoms with van der Waals surface area (Å²) in [4.78, 5) is 15.8. The van der Waals surface area contributed by atoms with Gasteiger partial charge in [0.25, 0.3) is 0 Å². The molecule has 1 aromatic heterocycles. The first kappa shape index (κ1) is 12.2. The fraction of sp³-hybridized carbons (Fsp3) is 0.0667. The van der Waals surface area contributed by atoms with E-state index in [-0.39, 0.29) is 5.75 Å². The van der Waals surface area contributed by atoms with E-state index in [1.807, 2.05) is 0 Å². The highest BCUT2D eigenvalue weighted by atomic mass is 16.5. The van der Waals surface area contributed by atoms with Crippen molar-refractivity contribution >= 4 is 18.1 Å². The summed E-state index contributed by atoms with van der Waals surface area (Å²) in [5.41, 5.74) is 1.62. The second-order valence-corrected chi connectivity index (χ2v) is 4.22. The Morgan fingerprint density at radius 3 is 2.95 bits per heavy atom. The molecule has 5 heteroatoms. The number of benzene rings is 1. The largest absolute Gasteiger partial charge is 0.506 e. The van der Waals surface area contributed by atoms with Crippen molar-refractivity contribution in [2.45, 2.75) is 0 Å². The molecule has 5 nitrogen and oxygen atoms in total. The number of hydrogen-bond acceptors (Lipinski definition) is 5. The Balaban J connectivity index is 2.15. The van der Waals surface area contributed by atoms with Gasteiger partial charge in [0.2, 0.25) is 0 Å². The number of esters is 1. The highest BCUT2D eigenvalue weighted by molar-refractivity contribution is 5.96. The number of pyridine rings is 1. The third-order valence-electron chi connectivity index (χ3n) is 2.97. The molecule has 0 spiro atoms.